The summed E-state index contributed by atoms with van der Waals surface area (Å²) in [5, 5.41) is 29.3. The molecule has 4 rings (SSSR count). The fraction of sp³-hybridized carbons (Fsp3) is 0.400. The van der Waals surface area contributed by atoms with Gasteiger partial charge in [0.15, 0.2) is 5.65 Å². The van der Waals surface area contributed by atoms with Crippen molar-refractivity contribution >= 4 is 11.0 Å². The number of halogens is 3. The molecule has 0 radical (unpaired) electrons. The Bertz CT molecular complexity index is 1070. The maximum atomic E-state index is 13.0. The molecule has 1 aliphatic carbocycles. The zero-order valence-corrected chi connectivity index (χ0v) is 16.1. The van der Waals surface area contributed by atoms with Gasteiger partial charge in [-0.3, -0.25) is 0 Å². The molecule has 0 saturated heterocycles. The number of hydrogen-bond acceptors (Lipinski definition) is 5. The molecular formula is C20H20F3N3O3. The minimum Gasteiger partial charge on any atom is -0.507 e. The van der Waals surface area contributed by atoms with Crippen LogP contribution in [0.4, 0.5) is 13.2 Å². The third-order valence-electron chi connectivity index (χ3n) is 5.40. The maximum absolute atomic E-state index is 13.0. The van der Waals surface area contributed by atoms with Gasteiger partial charge in [0.25, 0.3) is 0 Å². The fourth-order valence-electron chi connectivity index (χ4n) is 4.00. The van der Waals surface area contributed by atoms with Crippen molar-refractivity contribution in [3.8, 4) is 22.8 Å². The van der Waals surface area contributed by atoms with E-state index < -0.39 is 23.1 Å². The van der Waals surface area contributed by atoms with Crippen molar-refractivity contribution in [2.75, 3.05) is 7.11 Å². The molecule has 2 aromatic heterocycles. The van der Waals surface area contributed by atoms with Crippen LogP contribution in [-0.2, 0) is 6.18 Å². The topological polar surface area (TPSA) is 80.4 Å². The van der Waals surface area contributed by atoms with Crippen molar-refractivity contribution in [3.63, 3.8) is 0 Å². The predicted molar refractivity (Wildman–Crippen MR) is 99.8 cm³/mol. The zero-order chi connectivity index (χ0) is 21.1. The van der Waals surface area contributed by atoms with Crippen molar-refractivity contribution in [3.05, 3.63) is 35.5 Å². The molecule has 1 aromatic carbocycles. The molecule has 1 fully saturated rings. The standard InChI is InChI=1S/C20H20F3N3O3/c1-10-4-11(20(21,22)23)5-15(27)17(10)14-6-13-16(29-3)9-26(18(13)25-24-14)12-7-19(2,28)8-12/h4-6,9,12,27-28H,7-8H2,1-3H3. The number of phenolic OH excluding ortho intramolecular Hbond substituents is 1. The Morgan fingerprint density at radius 2 is 1.90 bits per heavy atom. The van der Waals surface area contributed by atoms with E-state index in [0.29, 0.717) is 35.7 Å². The number of phenols is 1. The smallest absolute Gasteiger partial charge is 0.416 e. The van der Waals surface area contributed by atoms with Gasteiger partial charge < -0.3 is 19.5 Å². The van der Waals surface area contributed by atoms with Gasteiger partial charge in [0, 0.05) is 17.8 Å². The number of fused-ring (bicyclic) bond motifs is 1. The van der Waals surface area contributed by atoms with Gasteiger partial charge in [-0.1, -0.05) is 0 Å². The highest BCUT2D eigenvalue weighted by atomic mass is 19.4. The summed E-state index contributed by atoms with van der Waals surface area (Å²) in [5.41, 5.74) is -0.419. The van der Waals surface area contributed by atoms with Gasteiger partial charge in [-0.25, -0.2) is 0 Å². The number of rotatable bonds is 3. The van der Waals surface area contributed by atoms with Crippen molar-refractivity contribution in [2.45, 2.75) is 44.5 Å². The monoisotopic (exact) mass is 407 g/mol. The number of ether oxygens (including phenoxy) is 1. The molecule has 0 amide bonds. The lowest BCUT2D eigenvalue weighted by atomic mass is 9.77. The average Bonchev–Trinajstić information content (AvgIpc) is 2.96. The Morgan fingerprint density at radius 1 is 1.21 bits per heavy atom. The second-order valence-electron chi connectivity index (χ2n) is 7.82. The number of benzene rings is 1. The first-order valence-electron chi connectivity index (χ1n) is 9.06. The van der Waals surface area contributed by atoms with Gasteiger partial charge in [-0.15, -0.1) is 10.2 Å². The molecule has 2 heterocycles. The van der Waals surface area contributed by atoms with E-state index in [9.17, 15) is 23.4 Å². The minimum absolute atomic E-state index is 0.0535. The summed E-state index contributed by atoms with van der Waals surface area (Å²) in [7, 11) is 1.51. The van der Waals surface area contributed by atoms with E-state index in [0.717, 1.165) is 6.07 Å². The molecule has 0 aliphatic heterocycles. The normalized spacial score (nSPS) is 22.0. The Labute approximate surface area is 164 Å². The fourth-order valence-corrected chi connectivity index (χ4v) is 4.00. The summed E-state index contributed by atoms with van der Waals surface area (Å²) in [6.07, 6.45) is -1.63. The molecule has 29 heavy (non-hydrogen) atoms. The van der Waals surface area contributed by atoms with Crippen LogP contribution in [0.1, 0.15) is 36.9 Å². The second kappa shape index (κ2) is 6.35. The number of methoxy groups -OCH3 is 1. The summed E-state index contributed by atoms with van der Waals surface area (Å²) in [4.78, 5) is 0. The molecule has 0 bridgehead atoms. The van der Waals surface area contributed by atoms with Crippen LogP contribution in [0.3, 0.4) is 0 Å². The van der Waals surface area contributed by atoms with Crippen LogP contribution in [0.15, 0.2) is 24.4 Å². The van der Waals surface area contributed by atoms with E-state index in [2.05, 4.69) is 10.2 Å². The SMILES string of the molecule is COc1cn(C2CC(C)(O)C2)c2nnc(-c3c(C)cc(C(F)(F)F)cc3O)cc12. The number of hydrogen-bond donors (Lipinski definition) is 2. The van der Waals surface area contributed by atoms with Crippen molar-refractivity contribution in [1.29, 1.82) is 0 Å². The van der Waals surface area contributed by atoms with Crippen molar-refractivity contribution in [1.82, 2.24) is 14.8 Å². The maximum Gasteiger partial charge on any atom is 0.416 e. The molecular weight excluding hydrogens is 387 g/mol. The number of nitrogens with zero attached hydrogens (tertiary/aromatic N) is 3. The van der Waals surface area contributed by atoms with Gasteiger partial charge in [0.1, 0.15) is 11.5 Å². The summed E-state index contributed by atoms with van der Waals surface area (Å²) in [6.45, 7) is 3.25. The highest BCUT2D eigenvalue weighted by Crippen LogP contribution is 2.45. The second-order valence-corrected chi connectivity index (χ2v) is 7.82. The van der Waals surface area contributed by atoms with E-state index in [1.165, 1.54) is 14.0 Å². The molecule has 6 nitrogen and oxygen atoms in total. The zero-order valence-electron chi connectivity index (χ0n) is 16.1. The third kappa shape index (κ3) is 3.29. The minimum atomic E-state index is -4.55. The lowest BCUT2D eigenvalue weighted by molar-refractivity contribution is -0.137. The number of alkyl halides is 3. The lowest BCUT2D eigenvalue weighted by Gasteiger charge is -2.41. The van der Waals surface area contributed by atoms with Gasteiger partial charge in [-0.05, 0) is 50.5 Å². The quantitative estimate of drug-likeness (QED) is 0.679. The molecule has 1 aliphatic rings. The summed E-state index contributed by atoms with van der Waals surface area (Å²) >= 11 is 0. The van der Waals surface area contributed by atoms with Crippen molar-refractivity contribution < 1.29 is 28.1 Å². The third-order valence-corrected chi connectivity index (χ3v) is 5.40. The van der Waals surface area contributed by atoms with Crippen LogP contribution in [0.2, 0.25) is 0 Å². The molecule has 0 atom stereocenters. The van der Waals surface area contributed by atoms with Crippen LogP contribution < -0.4 is 4.74 Å². The Balaban J connectivity index is 1.81. The van der Waals surface area contributed by atoms with Crippen LogP contribution in [0, 0.1) is 6.92 Å². The molecule has 1 saturated carbocycles. The Hall–Kier alpha value is -2.81. The van der Waals surface area contributed by atoms with Gasteiger partial charge in [0.2, 0.25) is 0 Å². The number of aromatic hydroxyl groups is 1. The first-order valence-corrected chi connectivity index (χ1v) is 9.06. The van der Waals surface area contributed by atoms with E-state index >= 15 is 0 Å². The summed E-state index contributed by atoms with van der Waals surface area (Å²) < 4.78 is 46.3. The van der Waals surface area contributed by atoms with Gasteiger partial charge in [-0.2, -0.15) is 13.2 Å². The van der Waals surface area contributed by atoms with Gasteiger partial charge in [0.05, 0.1) is 29.4 Å². The van der Waals surface area contributed by atoms with E-state index in [-0.39, 0.29) is 22.9 Å². The predicted octanol–water partition coefficient (Wildman–Crippen LogP) is 4.23. The van der Waals surface area contributed by atoms with E-state index in [1.807, 2.05) is 4.57 Å². The molecule has 3 aromatic rings. The van der Waals surface area contributed by atoms with Crippen molar-refractivity contribution in [2.24, 2.45) is 0 Å². The highest BCUT2D eigenvalue weighted by Gasteiger charge is 2.40. The molecule has 2 N–H and O–H groups in total. The number of aliphatic hydroxyl groups is 1. The first-order chi connectivity index (χ1) is 13.5. The van der Waals surface area contributed by atoms with Crippen LogP contribution in [-0.4, -0.2) is 37.7 Å². The molecule has 0 spiro atoms. The van der Waals surface area contributed by atoms with Crippen LogP contribution in [0.5, 0.6) is 11.5 Å². The first kappa shape index (κ1) is 19.5. The molecule has 9 heteroatoms. The molecule has 0 unspecified atom stereocenters. The van der Waals surface area contributed by atoms with Gasteiger partial charge >= 0.3 is 6.18 Å². The van der Waals surface area contributed by atoms with Crippen LogP contribution >= 0.6 is 0 Å². The van der Waals surface area contributed by atoms with E-state index in [1.54, 1.807) is 19.2 Å². The molecule has 154 valence electrons. The largest absolute Gasteiger partial charge is 0.507 e. The number of aromatic nitrogens is 3. The van der Waals surface area contributed by atoms with Crippen LogP contribution in [0.25, 0.3) is 22.3 Å². The summed E-state index contributed by atoms with van der Waals surface area (Å²) in [6, 6.07) is 3.36. The van der Waals surface area contributed by atoms with E-state index in [4.69, 9.17) is 4.74 Å². The Morgan fingerprint density at radius 3 is 2.45 bits per heavy atom. The average molecular weight is 407 g/mol. The highest BCUT2D eigenvalue weighted by molar-refractivity contribution is 5.88. The summed E-state index contributed by atoms with van der Waals surface area (Å²) in [5.74, 6) is 0.0196. The lowest BCUT2D eigenvalue weighted by Crippen LogP contribution is -2.41. The number of aryl methyl sites for hydroxylation is 1. The Kier molecular flexibility index (Phi) is 4.27.